The number of hydrogen-bond acceptors (Lipinski definition) is 2. The fourth-order valence-electron chi connectivity index (χ4n) is 3.20. The average molecular weight is 278 g/mol. The molecule has 1 aliphatic heterocycles. The summed E-state index contributed by atoms with van der Waals surface area (Å²) in [5.74, 6) is -0.165. The highest BCUT2D eigenvalue weighted by atomic mass is 19.1. The SMILES string of the molecule is CCCNC(c1ccc(F)cc1)C(C)(C)N1CCCC1. The highest BCUT2D eigenvalue weighted by Gasteiger charge is 2.37. The monoisotopic (exact) mass is 278 g/mol. The zero-order valence-electron chi connectivity index (χ0n) is 13.0. The Kier molecular flexibility index (Phi) is 5.17. The summed E-state index contributed by atoms with van der Waals surface area (Å²) < 4.78 is 13.2. The molecule has 1 atom stereocenters. The second kappa shape index (κ2) is 6.68. The highest BCUT2D eigenvalue weighted by molar-refractivity contribution is 5.23. The molecule has 0 amide bonds. The number of rotatable bonds is 6. The zero-order valence-corrected chi connectivity index (χ0v) is 13.0. The van der Waals surface area contributed by atoms with Gasteiger partial charge in [-0.3, -0.25) is 4.90 Å². The van der Waals surface area contributed by atoms with E-state index >= 15 is 0 Å². The van der Waals surface area contributed by atoms with Gasteiger partial charge in [-0.2, -0.15) is 0 Å². The molecule has 2 nitrogen and oxygen atoms in total. The Morgan fingerprint density at radius 2 is 1.80 bits per heavy atom. The van der Waals surface area contributed by atoms with E-state index in [1.54, 1.807) is 12.1 Å². The van der Waals surface area contributed by atoms with Crippen LogP contribution in [0.5, 0.6) is 0 Å². The van der Waals surface area contributed by atoms with Crippen LogP contribution in [0.25, 0.3) is 0 Å². The molecule has 1 N–H and O–H groups in total. The van der Waals surface area contributed by atoms with Gasteiger partial charge in [0, 0.05) is 5.54 Å². The Bertz CT molecular complexity index is 408. The third-order valence-electron chi connectivity index (χ3n) is 4.43. The molecule has 1 heterocycles. The minimum atomic E-state index is -0.165. The first-order valence-corrected chi connectivity index (χ1v) is 7.79. The minimum absolute atomic E-state index is 0.0451. The maximum Gasteiger partial charge on any atom is 0.123 e. The fourth-order valence-corrected chi connectivity index (χ4v) is 3.20. The summed E-state index contributed by atoms with van der Waals surface area (Å²) in [4.78, 5) is 2.56. The third-order valence-corrected chi connectivity index (χ3v) is 4.43. The van der Waals surface area contributed by atoms with E-state index in [0.717, 1.165) is 13.0 Å². The van der Waals surface area contributed by atoms with Crippen molar-refractivity contribution in [3.05, 3.63) is 35.6 Å². The van der Waals surface area contributed by atoms with E-state index in [2.05, 4.69) is 31.0 Å². The largest absolute Gasteiger partial charge is 0.308 e. The van der Waals surface area contributed by atoms with Gasteiger partial charge in [0.05, 0.1) is 6.04 Å². The molecule has 112 valence electrons. The van der Waals surface area contributed by atoms with E-state index in [4.69, 9.17) is 0 Å². The predicted molar refractivity (Wildman–Crippen MR) is 82.3 cm³/mol. The molecule has 0 saturated carbocycles. The number of nitrogens with one attached hydrogen (secondary N) is 1. The molecule has 2 rings (SSSR count). The van der Waals surface area contributed by atoms with Crippen LogP contribution < -0.4 is 5.32 Å². The normalized spacial score (nSPS) is 18.4. The van der Waals surface area contributed by atoms with Crippen LogP contribution in [0.15, 0.2) is 24.3 Å². The average Bonchev–Trinajstić information content (AvgIpc) is 2.96. The van der Waals surface area contributed by atoms with Crippen molar-refractivity contribution in [3.63, 3.8) is 0 Å². The Hall–Kier alpha value is -0.930. The number of nitrogens with zero attached hydrogens (tertiary/aromatic N) is 1. The van der Waals surface area contributed by atoms with Crippen LogP contribution in [0.3, 0.4) is 0 Å². The van der Waals surface area contributed by atoms with Crippen LogP contribution >= 0.6 is 0 Å². The number of halogens is 1. The van der Waals surface area contributed by atoms with Gasteiger partial charge in [0.2, 0.25) is 0 Å². The van der Waals surface area contributed by atoms with Gasteiger partial charge in [0.15, 0.2) is 0 Å². The number of benzene rings is 1. The van der Waals surface area contributed by atoms with E-state index in [0.29, 0.717) is 0 Å². The molecule has 1 fully saturated rings. The minimum Gasteiger partial charge on any atom is -0.308 e. The Balaban J connectivity index is 2.23. The quantitative estimate of drug-likeness (QED) is 0.852. The molecule has 0 spiro atoms. The first kappa shape index (κ1) is 15.5. The first-order valence-electron chi connectivity index (χ1n) is 7.79. The molecule has 1 aromatic rings. The molecule has 0 bridgehead atoms. The van der Waals surface area contributed by atoms with E-state index in [9.17, 15) is 4.39 Å². The smallest absolute Gasteiger partial charge is 0.123 e. The fraction of sp³-hybridized carbons (Fsp3) is 0.647. The van der Waals surface area contributed by atoms with Crippen molar-refractivity contribution in [2.45, 2.75) is 51.6 Å². The topological polar surface area (TPSA) is 15.3 Å². The van der Waals surface area contributed by atoms with E-state index < -0.39 is 0 Å². The van der Waals surface area contributed by atoms with Crippen LogP contribution in [0.2, 0.25) is 0 Å². The van der Waals surface area contributed by atoms with Gasteiger partial charge in [0.25, 0.3) is 0 Å². The molecule has 3 heteroatoms. The second-order valence-electron chi connectivity index (χ2n) is 6.29. The van der Waals surface area contributed by atoms with Gasteiger partial charge in [-0.05, 0) is 70.4 Å². The van der Waals surface area contributed by atoms with Crippen molar-refractivity contribution in [1.29, 1.82) is 0 Å². The van der Waals surface area contributed by atoms with Crippen LogP contribution in [0, 0.1) is 5.82 Å². The summed E-state index contributed by atoms with van der Waals surface area (Å²) >= 11 is 0. The molecule has 0 aliphatic carbocycles. The molecule has 0 aromatic heterocycles. The summed E-state index contributed by atoms with van der Waals surface area (Å²) in [5, 5.41) is 3.66. The lowest BCUT2D eigenvalue weighted by atomic mass is 9.87. The van der Waals surface area contributed by atoms with Gasteiger partial charge in [-0.15, -0.1) is 0 Å². The predicted octanol–water partition coefficient (Wildman–Crippen LogP) is 3.74. The molecule has 1 unspecified atom stereocenters. The van der Waals surface area contributed by atoms with E-state index in [1.165, 1.54) is 31.5 Å². The van der Waals surface area contributed by atoms with Crippen molar-refractivity contribution in [2.75, 3.05) is 19.6 Å². The number of likely N-dealkylation sites (tertiary alicyclic amines) is 1. The standard InChI is InChI=1S/C17H27FN2/c1-4-11-19-16(14-7-9-15(18)10-8-14)17(2,3)20-12-5-6-13-20/h7-10,16,19H,4-6,11-13H2,1-3H3. The van der Waals surface area contributed by atoms with Gasteiger partial charge >= 0.3 is 0 Å². The Labute approximate surface area is 122 Å². The Morgan fingerprint density at radius 1 is 1.20 bits per heavy atom. The summed E-state index contributed by atoms with van der Waals surface area (Å²) in [6.07, 6.45) is 3.68. The van der Waals surface area contributed by atoms with Crippen LogP contribution in [-0.2, 0) is 0 Å². The van der Waals surface area contributed by atoms with Crippen molar-refractivity contribution >= 4 is 0 Å². The zero-order chi connectivity index (χ0) is 14.6. The lowest BCUT2D eigenvalue weighted by Crippen LogP contribution is -2.51. The lowest BCUT2D eigenvalue weighted by molar-refractivity contribution is 0.107. The summed E-state index contributed by atoms with van der Waals surface area (Å²) in [6, 6.07) is 7.20. The van der Waals surface area contributed by atoms with E-state index in [-0.39, 0.29) is 17.4 Å². The lowest BCUT2D eigenvalue weighted by Gasteiger charge is -2.43. The molecular weight excluding hydrogens is 251 g/mol. The Morgan fingerprint density at radius 3 is 2.35 bits per heavy atom. The molecule has 1 aromatic carbocycles. The van der Waals surface area contributed by atoms with Gasteiger partial charge in [-0.1, -0.05) is 19.1 Å². The highest BCUT2D eigenvalue weighted by Crippen LogP contribution is 2.33. The maximum absolute atomic E-state index is 13.2. The van der Waals surface area contributed by atoms with Crippen molar-refractivity contribution in [1.82, 2.24) is 10.2 Å². The summed E-state index contributed by atoms with van der Waals surface area (Å²) in [7, 11) is 0. The van der Waals surface area contributed by atoms with Crippen LogP contribution in [0.4, 0.5) is 4.39 Å². The van der Waals surface area contributed by atoms with Crippen molar-refractivity contribution in [2.24, 2.45) is 0 Å². The second-order valence-corrected chi connectivity index (χ2v) is 6.29. The van der Waals surface area contributed by atoms with Gasteiger partial charge in [0.1, 0.15) is 5.82 Å². The van der Waals surface area contributed by atoms with Crippen molar-refractivity contribution < 1.29 is 4.39 Å². The maximum atomic E-state index is 13.2. The molecule has 1 saturated heterocycles. The van der Waals surface area contributed by atoms with Crippen LogP contribution in [0.1, 0.15) is 51.6 Å². The molecule has 1 aliphatic rings. The molecular formula is C17H27FN2. The molecule has 20 heavy (non-hydrogen) atoms. The summed E-state index contributed by atoms with van der Waals surface area (Å²) in [6.45, 7) is 10.1. The summed E-state index contributed by atoms with van der Waals surface area (Å²) in [5.41, 5.74) is 1.22. The first-order chi connectivity index (χ1) is 9.55. The van der Waals surface area contributed by atoms with Crippen LogP contribution in [-0.4, -0.2) is 30.1 Å². The van der Waals surface area contributed by atoms with Gasteiger partial charge in [-0.25, -0.2) is 4.39 Å². The van der Waals surface area contributed by atoms with E-state index in [1.807, 2.05) is 12.1 Å². The van der Waals surface area contributed by atoms with Crippen molar-refractivity contribution in [3.8, 4) is 0 Å². The van der Waals surface area contributed by atoms with Gasteiger partial charge < -0.3 is 5.32 Å². The number of hydrogen-bond donors (Lipinski definition) is 1. The molecule has 0 radical (unpaired) electrons. The third kappa shape index (κ3) is 3.39.